The first-order valence-electron chi connectivity index (χ1n) is 6.07. The van der Waals surface area contributed by atoms with Gasteiger partial charge in [-0.1, -0.05) is 33.6 Å². The fourth-order valence-electron chi connectivity index (χ4n) is 2.27. The van der Waals surface area contributed by atoms with Crippen LogP contribution >= 0.6 is 27.5 Å². The topological polar surface area (TPSA) is 37.4 Å². The maximum Gasteiger partial charge on any atom is 0.299 e. The molecule has 0 atom stereocenters. The van der Waals surface area contributed by atoms with Gasteiger partial charge in [-0.05, 0) is 30.3 Å². The van der Waals surface area contributed by atoms with E-state index < -0.39 is 17.5 Å². The van der Waals surface area contributed by atoms with E-state index in [0.717, 1.165) is 0 Å². The van der Waals surface area contributed by atoms with Crippen molar-refractivity contribution in [3.8, 4) is 0 Å². The molecule has 3 nitrogen and oxygen atoms in total. The molecule has 0 unspecified atom stereocenters. The maximum absolute atomic E-state index is 13.9. The van der Waals surface area contributed by atoms with Crippen LogP contribution < -0.4 is 4.90 Å². The van der Waals surface area contributed by atoms with Crippen molar-refractivity contribution in [2.24, 2.45) is 0 Å². The highest BCUT2D eigenvalue weighted by atomic mass is 79.9. The van der Waals surface area contributed by atoms with Gasteiger partial charge >= 0.3 is 0 Å². The number of carbonyl (C=O) groups excluding carboxylic acids is 2. The fraction of sp³-hybridized carbons (Fsp3) is 0.0667. The summed E-state index contributed by atoms with van der Waals surface area (Å²) in [6, 6.07) is 9.26. The van der Waals surface area contributed by atoms with E-state index in [1.807, 2.05) is 0 Å². The third kappa shape index (κ3) is 2.36. The van der Waals surface area contributed by atoms with Crippen LogP contribution in [-0.4, -0.2) is 11.7 Å². The second-order valence-corrected chi connectivity index (χ2v) is 5.90. The lowest BCUT2D eigenvalue weighted by atomic mass is 10.1. The van der Waals surface area contributed by atoms with Gasteiger partial charge in [0.15, 0.2) is 0 Å². The number of benzene rings is 2. The van der Waals surface area contributed by atoms with E-state index in [-0.39, 0.29) is 17.1 Å². The summed E-state index contributed by atoms with van der Waals surface area (Å²) in [4.78, 5) is 25.3. The summed E-state index contributed by atoms with van der Waals surface area (Å²) in [7, 11) is 0. The molecule has 0 saturated heterocycles. The van der Waals surface area contributed by atoms with Crippen LogP contribution in [0.5, 0.6) is 0 Å². The lowest BCUT2D eigenvalue weighted by Gasteiger charge is -2.17. The van der Waals surface area contributed by atoms with E-state index in [2.05, 4.69) is 15.9 Å². The minimum atomic E-state index is -0.678. The average Bonchev–Trinajstić information content (AvgIpc) is 2.67. The number of fused-ring (bicyclic) bond motifs is 1. The number of rotatable bonds is 2. The Kier molecular flexibility index (Phi) is 3.55. The third-order valence-corrected chi connectivity index (χ3v) is 4.16. The molecule has 0 aromatic heterocycles. The predicted molar refractivity (Wildman–Crippen MR) is 81.1 cm³/mol. The summed E-state index contributed by atoms with van der Waals surface area (Å²) in [5.74, 6) is -1.78. The van der Waals surface area contributed by atoms with Crippen LogP contribution in [0.2, 0.25) is 5.02 Å². The minimum Gasteiger partial charge on any atom is -0.300 e. The van der Waals surface area contributed by atoms with Gasteiger partial charge in [-0.3, -0.25) is 9.59 Å². The zero-order valence-electron chi connectivity index (χ0n) is 10.6. The second kappa shape index (κ2) is 5.24. The second-order valence-electron chi connectivity index (χ2n) is 4.58. The number of halogens is 3. The molecule has 1 aliphatic heterocycles. The Morgan fingerprint density at radius 2 is 1.95 bits per heavy atom. The lowest BCUT2D eigenvalue weighted by Crippen LogP contribution is -2.29. The normalized spacial score (nSPS) is 13.8. The molecule has 0 bridgehead atoms. The monoisotopic (exact) mass is 367 g/mol. The SMILES string of the molecule is O=C1C(=O)N(Cc2c(F)cccc2Cl)c2ccc(Br)cc21. The van der Waals surface area contributed by atoms with Crippen molar-refractivity contribution in [2.75, 3.05) is 4.90 Å². The van der Waals surface area contributed by atoms with E-state index in [1.165, 1.54) is 17.0 Å². The Morgan fingerprint density at radius 1 is 1.19 bits per heavy atom. The van der Waals surface area contributed by atoms with E-state index in [9.17, 15) is 14.0 Å². The summed E-state index contributed by atoms with van der Waals surface area (Å²) in [6.45, 7) is -0.0787. The van der Waals surface area contributed by atoms with E-state index in [0.29, 0.717) is 15.7 Å². The van der Waals surface area contributed by atoms with Gasteiger partial charge < -0.3 is 4.90 Å². The highest BCUT2D eigenvalue weighted by Gasteiger charge is 2.36. The van der Waals surface area contributed by atoms with Gasteiger partial charge in [0, 0.05) is 15.1 Å². The first-order chi connectivity index (χ1) is 9.99. The number of amides is 1. The van der Waals surface area contributed by atoms with Crippen molar-refractivity contribution in [1.82, 2.24) is 0 Å². The summed E-state index contributed by atoms with van der Waals surface area (Å²) >= 11 is 9.23. The molecule has 3 rings (SSSR count). The molecule has 1 heterocycles. The number of Topliss-reactive ketones (excluding diaryl/α,β-unsaturated/α-hetero) is 1. The number of hydrogen-bond donors (Lipinski definition) is 0. The van der Waals surface area contributed by atoms with Crippen molar-refractivity contribution in [1.29, 1.82) is 0 Å². The van der Waals surface area contributed by atoms with Gasteiger partial charge in [-0.15, -0.1) is 0 Å². The zero-order valence-corrected chi connectivity index (χ0v) is 12.9. The number of carbonyl (C=O) groups is 2. The molecular weight excluding hydrogens is 361 g/mol. The molecule has 21 heavy (non-hydrogen) atoms. The molecule has 0 aliphatic carbocycles. The fourth-order valence-corrected chi connectivity index (χ4v) is 2.86. The van der Waals surface area contributed by atoms with Gasteiger partial charge in [-0.2, -0.15) is 0 Å². The molecule has 0 radical (unpaired) electrons. The van der Waals surface area contributed by atoms with Gasteiger partial charge in [0.05, 0.1) is 17.8 Å². The van der Waals surface area contributed by atoms with Crippen molar-refractivity contribution in [3.05, 3.63) is 62.8 Å². The van der Waals surface area contributed by atoms with E-state index in [1.54, 1.807) is 24.3 Å². The van der Waals surface area contributed by atoms with Crippen LogP contribution in [-0.2, 0) is 11.3 Å². The van der Waals surface area contributed by atoms with Gasteiger partial charge in [0.25, 0.3) is 11.7 Å². The molecule has 2 aromatic rings. The Balaban J connectivity index is 2.05. The van der Waals surface area contributed by atoms with Gasteiger partial charge in [-0.25, -0.2) is 4.39 Å². The lowest BCUT2D eigenvalue weighted by molar-refractivity contribution is -0.114. The predicted octanol–water partition coefficient (Wildman–Crippen LogP) is 3.97. The smallest absolute Gasteiger partial charge is 0.299 e. The van der Waals surface area contributed by atoms with E-state index in [4.69, 9.17) is 11.6 Å². The van der Waals surface area contributed by atoms with Crippen LogP contribution in [0.25, 0.3) is 0 Å². The van der Waals surface area contributed by atoms with Crippen molar-refractivity contribution < 1.29 is 14.0 Å². The molecular formula is C15H8BrClFNO2. The minimum absolute atomic E-state index is 0.0787. The summed E-state index contributed by atoms with van der Waals surface area (Å²) in [5.41, 5.74) is 0.963. The molecule has 2 aromatic carbocycles. The Labute approximate surface area is 133 Å². The largest absolute Gasteiger partial charge is 0.300 e. The highest BCUT2D eigenvalue weighted by molar-refractivity contribution is 9.10. The van der Waals surface area contributed by atoms with Crippen LogP contribution in [0.15, 0.2) is 40.9 Å². The van der Waals surface area contributed by atoms with Crippen LogP contribution in [0.3, 0.4) is 0 Å². The molecule has 0 saturated carbocycles. The summed E-state index contributed by atoms with van der Waals surface area (Å²) in [6.07, 6.45) is 0. The molecule has 1 amide bonds. The first-order valence-corrected chi connectivity index (χ1v) is 7.25. The highest BCUT2D eigenvalue weighted by Crippen LogP contribution is 2.33. The zero-order chi connectivity index (χ0) is 15.1. The summed E-state index contributed by atoms with van der Waals surface area (Å²) in [5, 5.41) is 0.223. The number of ketones is 1. The number of hydrogen-bond acceptors (Lipinski definition) is 2. The number of anilines is 1. The Hall–Kier alpha value is -1.72. The van der Waals surface area contributed by atoms with Gasteiger partial charge in [0.2, 0.25) is 0 Å². The average molecular weight is 369 g/mol. The molecule has 6 heteroatoms. The first kappa shape index (κ1) is 14.2. The molecule has 106 valence electrons. The van der Waals surface area contributed by atoms with Crippen LogP contribution in [0.1, 0.15) is 15.9 Å². The molecule has 0 N–H and O–H groups in total. The molecule has 1 aliphatic rings. The Morgan fingerprint density at radius 3 is 2.67 bits per heavy atom. The quantitative estimate of drug-likeness (QED) is 0.752. The van der Waals surface area contributed by atoms with Crippen molar-refractivity contribution in [3.63, 3.8) is 0 Å². The van der Waals surface area contributed by atoms with E-state index >= 15 is 0 Å². The molecule has 0 fully saturated rings. The Bertz CT molecular complexity index is 758. The third-order valence-electron chi connectivity index (χ3n) is 3.31. The van der Waals surface area contributed by atoms with Gasteiger partial charge in [0.1, 0.15) is 5.82 Å². The van der Waals surface area contributed by atoms with Crippen molar-refractivity contribution >= 4 is 44.9 Å². The number of nitrogens with zero attached hydrogens (tertiary/aromatic N) is 1. The van der Waals surface area contributed by atoms with Crippen molar-refractivity contribution in [2.45, 2.75) is 6.54 Å². The van der Waals surface area contributed by atoms with Crippen LogP contribution in [0.4, 0.5) is 10.1 Å². The molecule has 0 spiro atoms. The maximum atomic E-state index is 13.9. The van der Waals surface area contributed by atoms with Crippen LogP contribution in [0, 0.1) is 5.82 Å². The standard InChI is InChI=1S/C15H8BrClFNO2/c16-8-4-5-13-9(6-8)14(20)15(21)19(13)7-10-11(17)2-1-3-12(10)18/h1-6H,7H2. The summed E-state index contributed by atoms with van der Waals surface area (Å²) < 4.78 is 14.6.